The molecular weight excluding hydrogens is 250 g/mol. The van der Waals surface area contributed by atoms with Crippen LogP contribution in [0.4, 0.5) is 5.82 Å². The Morgan fingerprint density at radius 2 is 1.80 bits per heavy atom. The first-order chi connectivity index (χ1) is 9.84. The topological polar surface area (TPSA) is 46.3 Å². The molecular formula is C15H17N5. The SMILES string of the molecule is Cc1nnc2c(N3CCCCC3)nc3ccccc3n12. The van der Waals surface area contributed by atoms with Crippen LogP contribution in [0.3, 0.4) is 0 Å². The lowest BCUT2D eigenvalue weighted by atomic mass is 10.1. The van der Waals surface area contributed by atoms with Crippen LogP contribution >= 0.6 is 0 Å². The number of para-hydroxylation sites is 2. The first-order valence-corrected chi connectivity index (χ1v) is 7.20. The van der Waals surface area contributed by atoms with Gasteiger partial charge in [0.2, 0.25) is 5.65 Å². The molecule has 1 aliphatic heterocycles. The van der Waals surface area contributed by atoms with Crippen molar-refractivity contribution in [2.24, 2.45) is 0 Å². The van der Waals surface area contributed by atoms with E-state index in [-0.39, 0.29) is 0 Å². The van der Waals surface area contributed by atoms with Crippen molar-refractivity contribution in [1.82, 2.24) is 19.6 Å². The molecule has 1 fully saturated rings. The number of nitrogens with zero attached hydrogens (tertiary/aromatic N) is 5. The van der Waals surface area contributed by atoms with Crippen LogP contribution in [0, 0.1) is 6.92 Å². The van der Waals surface area contributed by atoms with Crippen molar-refractivity contribution in [3.05, 3.63) is 30.1 Å². The van der Waals surface area contributed by atoms with E-state index in [1.807, 2.05) is 19.1 Å². The maximum Gasteiger partial charge on any atom is 0.204 e. The van der Waals surface area contributed by atoms with Crippen molar-refractivity contribution < 1.29 is 0 Å². The smallest absolute Gasteiger partial charge is 0.204 e. The summed E-state index contributed by atoms with van der Waals surface area (Å²) in [5, 5.41) is 8.60. The fourth-order valence-corrected chi connectivity index (χ4v) is 3.03. The molecule has 0 radical (unpaired) electrons. The summed E-state index contributed by atoms with van der Waals surface area (Å²) in [4.78, 5) is 7.19. The summed E-state index contributed by atoms with van der Waals surface area (Å²) in [5.41, 5.74) is 2.96. The summed E-state index contributed by atoms with van der Waals surface area (Å²) in [6.45, 7) is 4.12. The van der Waals surface area contributed by atoms with Crippen molar-refractivity contribution >= 4 is 22.5 Å². The molecule has 2 aromatic heterocycles. The average Bonchev–Trinajstić information content (AvgIpc) is 2.90. The van der Waals surface area contributed by atoms with Crippen LogP contribution in [0.25, 0.3) is 16.7 Å². The molecule has 0 aliphatic carbocycles. The third-order valence-corrected chi connectivity index (χ3v) is 4.03. The van der Waals surface area contributed by atoms with E-state index < -0.39 is 0 Å². The van der Waals surface area contributed by atoms with Gasteiger partial charge in [0.25, 0.3) is 0 Å². The van der Waals surface area contributed by atoms with Gasteiger partial charge in [-0.25, -0.2) is 4.98 Å². The summed E-state index contributed by atoms with van der Waals surface area (Å²) in [5.74, 6) is 1.89. The molecule has 102 valence electrons. The van der Waals surface area contributed by atoms with E-state index in [4.69, 9.17) is 4.98 Å². The van der Waals surface area contributed by atoms with Crippen molar-refractivity contribution in [3.63, 3.8) is 0 Å². The molecule has 0 amide bonds. The van der Waals surface area contributed by atoms with E-state index in [1.54, 1.807) is 0 Å². The van der Waals surface area contributed by atoms with Crippen molar-refractivity contribution in [3.8, 4) is 0 Å². The molecule has 0 atom stereocenters. The third kappa shape index (κ3) is 1.66. The Morgan fingerprint density at radius 3 is 2.65 bits per heavy atom. The lowest BCUT2D eigenvalue weighted by molar-refractivity contribution is 0.574. The maximum absolute atomic E-state index is 4.84. The van der Waals surface area contributed by atoms with E-state index in [1.165, 1.54) is 19.3 Å². The van der Waals surface area contributed by atoms with Gasteiger partial charge in [-0.3, -0.25) is 4.40 Å². The number of aromatic nitrogens is 4. The number of anilines is 1. The maximum atomic E-state index is 4.84. The van der Waals surface area contributed by atoms with Gasteiger partial charge in [0.15, 0.2) is 5.82 Å². The van der Waals surface area contributed by atoms with Gasteiger partial charge in [-0.2, -0.15) is 0 Å². The Kier molecular flexibility index (Phi) is 2.58. The monoisotopic (exact) mass is 267 g/mol. The molecule has 20 heavy (non-hydrogen) atoms. The number of piperidine rings is 1. The molecule has 0 spiro atoms. The van der Waals surface area contributed by atoms with Crippen molar-refractivity contribution in [2.75, 3.05) is 18.0 Å². The zero-order valence-electron chi connectivity index (χ0n) is 11.6. The second-order valence-corrected chi connectivity index (χ2v) is 5.38. The zero-order valence-corrected chi connectivity index (χ0v) is 11.6. The highest BCUT2D eigenvalue weighted by molar-refractivity contribution is 5.83. The van der Waals surface area contributed by atoms with Crippen LogP contribution in [-0.4, -0.2) is 32.7 Å². The van der Waals surface area contributed by atoms with Gasteiger partial charge < -0.3 is 4.90 Å². The molecule has 5 heteroatoms. The van der Waals surface area contributed by atoms with Crippen molar-refractivity contribution in [1.29, 1.82) is 0 Å². The van der Waals surface area contributed by atoms with E-state index in [9.17, 15) is 0 Å². The van der Waals surface area contributed by atoms with E-state index >= 15 is 0 Å². The fraction of sp³-hybridized carbons (Fsp3) is 0.400. The highest BCUT2D eigenvalue weighted by atomic mass is 15.3. The molecule has 0 N–H and O–H groups in total. The normalized spacial score (nSPS) is 16.1. The molecule has 0 bridgehead atoms. The summed E-state index contributed by atoms with van der Waals surface area (Å²) in [7, 11) is 0. The van der Waals surface area contributed by atoms with Gasteiger partial charge in [-0.1, -0.05) is 12.1 Å². The van der Waals surface area contributed by atoms with E-state index in [0.29, 0.717) is 0 Å². The lowest BCUT2D eigenvalue weighted by Gasteiger charge is -2.28. The molecule has 1 saturated heterocycles. The predicted octanol–water partition coefficient (Wildman–Crippen LogP) is 2.58. The predicted molar refractivity (Wildman–Crippen MR) is 79.1 cm³/mol. The standard InChI is InChI=1S/C15H17N5/c1-11-17-18-15-14(19-9-5-2-6-10-19)16-12-7-3-4-8-13(12)20(11)15/h3-4,7-8H,2,5-6,9-10H2,1H3. The molecule has 1 aliphatic rings. The average molecular weight is 267 g/mol. The minimum absolute atomic E-state index is 0.878. The van der Waals surface area contributed by atoms with Crippen LogP contribution in [-0.2, 0) is 0 Å². The summed E-state index contributed by atoms with van der Waals surface area (Å²) in [6, 6.07) is 8.19. The first-order valence-electron chi connectivity index (χ1n) is 7.20. The third-order valence-electron chi connectivity index (χ3n) is 4.03. The van der Waals surface area contributed by atoms with Gasteiger partial charge in [0.1, 0.15) is 5.82 Å². The number of rotatable bonds is 1. The molecule has 0 unspecified atom stereocenters. The number of benzene rings is 1. The first kappa shape index (κ1) is 11.6. The Balaban J connectivity index is 2.03. The summed E-state index contributed by atoms with van der Waals surface area (Å²) >= 11 is 0. The second kappa shape index (κ2) is 4.44. The van der Waals surface area contributed by atoms with Crippen LogP contribution in [0.2, 0.25) is 0 Å². The number of hydrogen-bond donors (Lipinski definition) is 0. The number of hydrogen-bond acceptors (Lipinski definition) is 4. The quantitative estimate of drug-likeness (QED) is 0.680. The minimum Gasteiger partial charge on any atom is -0.353 e. The Labute approximate surface area is 117 Å². The molecule has 3 aromatic rings. The van der Waals surface area contributed by atoms with Crippen LogP contribution in [0.5, 0.6) is 0 Å². The fourth-order valence-electron chi connectivity index (χ4n) is 3.03. The van der Waals surface area contributed by atoms with Crippen LogP contribution in [0.15, 0.2) is 24.3 Å². The zero-order chi connectivity index (χ0) is 13.5. The minimum atomic E-state index is 0.878. The molecule has 5 nitrogen and oxygen atoms in total. The highest BCUT2D eigenvalue weighted by Gasteiger charge is 2.19. The van der Waals surface area contributed by atoms with E-state index in [0.717, 1.165) is 41.4 Å². The Hall–Kier alpha value is -2.17. The molecule has 1 aromatic carbocycles. The largest absolute Gasteiger partial charge is 0.353 e. The van der Waals surface area contributed by atoms with Gasteiger partial charge >= 0.3 is 0 Å². The second-order valence-electron chi connectivity index (χ2n) is 5.38. The van der Waals surface area contributed by atoms with Crippen LogP contribution in [0.1, 0.15) is 25.1 Å². The van der Waals surface area contributed by atoms with Crippen LogP contribution < -0.4 is 4.90 Å². The summed E-state index contributed by atoms with van der Waals surface area (Å²) in [6.07, 6.45) is 3.77. The lowest BCUT2D eigenvalue weighted by Crippen LogP contribution is -2.30. The van der Waals surface area contributed by atoms with E-state index in [2.05, 4.69) is 31.6 Å². The molecule has 4 rings (SSSR count). The van der Waals surface area contributed by atoms with Gasteiger partial charge in [0.05, 0.1) is 11.0 Å². The molecule has 3 heterocycles. The summed E-state index contributed by atoms with van der Waals surface area (Å²) < 4.78 is 2.12. The van der Waals surface area contributed by atoms with Crippen molar-refractivity contribution in [2.45, 2.75) is 26.2 Å². The van der Waals surface area contributed by atoms with Gasteiger partial charge in [0, 0.05) is 13.1 Å². The van der Waals surface area contributed by atoms with Gasteiger partial charge in [-0.15, -0.1) is 10.2 Å². The Bertz CT molecular complexity index is 770. The number of fused-ring (bicyclic) bond motifs is 3. The van der Waals surface area contributed by atoms with Gasteiger partial charge in [-0.05, 0) is 38.3 Å². The number of aryl methyl sites for hydroxylation is 1. The molecule has 0 saturated carbocycles. The Morgan fingerprint density at radius 1 is 1.00 bits per heavy atom. The highest BCUT2D eigenvalue weighted by Crippen LogP contribution is 2.26.